The van der Waals surface area contributed by atoms with Crippen LogP contribution < -0.4 is 5.32 Å². The highest BCUT2D eigenvalue weighted by molar-refractivity contribution is 5.75. The second-order valence-electron chi connectivity index (χ2n) is 3.45. The number of hydrogen-bond donors (Lipinski definition) is 1. The maximum atomic E-state index is 10.9. The molecule has 11 heavy (non-hydrogen) atoms. The second kappa shape index (κ2) is 5.16. The van der Waals surface area contributed by atoms with Crippen LogP contribution in [-0.4, -0.2) is 11.9 Å². The molecule has 0 aliphatic heterocycles. The van der Waals surface area contributed by atoms with E-state index in [0.717, 1.165) is 6.42 Å². The van der Waals surface area contributed by atoms with Gasteiger partial charge in [0, 0.05) is 12.5 Å². The van der Waals surface area contributed by atoms with E-state index in [1.165, 1.54) is 0 Å². The fraction of sp³-hybridized carbons (Fsp3) is 0.889. The van der Waals surface area contributed by atoms with E-state index in [0.29, 0.717) is 18.4 Å². The quantitative estimate of drug-likeness (QED) is 0.664. The van der Waals surface area contributed by atoms with Gasteiger partial charge in [-0.3, -0.25) is 4.79 Å². The first kappa shape index (κ1) is 10.5. The molecule has 0 heterocycles. The van der Waals surface area contributed by atoms with Crippen molar-refractivity contribution in [3.05, 3.63) is 0 Å². The lowest BCUT2D eigenvalue weighted by atomic mass is 10.1. The van der Waals surface area contributed by atoms with Gasteiger partial charge in [-0.15, -0.1) is 0 Å². The highest BCUT2D eigenvalue weighted by Crippen LogP contribution is 2.03. The minimum atomic E-state index is 0.151. The summed E-state index contributed by atoms with van der Waals surface area (Å²) in [5.41, 5.74) is 0. The van der Waals surface area contributed by atoms with Gasteiger partial charge in [-0.2, -0.15) is 0 Å². The molecule has 0 radical (unpaired) electrons. The van der Waals surface area contributed by atoms with E-state index in [-0.39, 0.29) is 5.91 Å². The van der Waals surface area contributed by atoms with Gasteiger partial charge in [0.2, 0.25) is 5.91 Å². The van der Waals surface area contributed by atoms with Crippen molar-refractivity contribution in [1.29, 1.82) is 0 Å². The summed E-state index contributed by atoms with van der Waals surface area (Å²) in [6.07, 6.45) is 1.65. The Bertz CT molecular complexity index is 121. The summed E-state index contributed by atoms with van der Waals surface area (Å²) in [7, 11) is 0. The molecule has 0 bridgehead atoms. The Morgan fingerprint density at radius 3 is 2.27 bits per heavy atom. The summed E-state index contributed by atoms with van der Waals surface area (Å²) in [6, 6.07) is 0.322. The third kappa shape index (κ3) is 5.89. The maximum absolute atomic E-state index is 10.9. The third-order valence-electron chi connectivity index (χ3n) is 1.55. The normalized spacial score (nSPS) is 13.2. The molecule has 1 amide bonds. The Hall–Kier alpha value is -0.530. The van der Waals surface area contributed by atoms with Gasteiger partial charge in [0.05, 0.1) is 0 Å². The molecule has 0 saturated carbocycles. The average Bonchev–Trinajstić information content (AvgIpc) is 1.85. The third-order valence-corrected chi connectivity index (χ3v) is 1.55. The first-order valence-corrected chi connectivity index (χ1v) is 4.35. The van der Waals surface area contributed by atoms with Crippen LogP contribution in [0, 0.1) is 5.92 Å². The van der Waals surface area contributed by atoms with Crippen LogP contribution in [0.25, 0.3) is 0 Å². The molecule has 0 aromatic carbocycles. The topological polar surface area (TPSA) is 29.1 Å². The minimum Gasteiger partial charge on any atom is -0.354 e. The van der Waals surface area contributed by atoms with Gasteiger partial charge in [-0.1, -0.05) is 20.8 Å². The van der Waals surface area contributed by atoms with Crippen LogP contribution in [0.4, 0.5) is 0 Å². The van der Waals surface area contributed by atoms with Crippen LogP contribution in [0.1, 0.15) is 40.5 Å². The lowest BCUT2D eigenvalue weighted by Gasteiger charge is -2.14. The van der Waals surface area contributed by atoms with Crippen molar-refractivity contribution in [2.75, 3.05) is 0 Å². The van der Waals surface area contributed by atoms with Crippen molar-refractivity contribution in [3.63, 3.8) is 0 Å². The van der Waals surface area contributed by atoms with E-state index in [4.69, 9.17) is 0 Å². The van der Waals surface area contributed by atoms with E-state index in [1.54, 1.807) is 0 Å². The van der Waals surface area contributed by atoms with Crippen molar-refractivity contribution < 1.29 is 4.79 Å². The lowest BCUT2D eigenvalue weighted by molar-refractivity contribution is -0.121. The van der Waals surface area contributed by atoms with Crippen molar-refractivity contribution >= 4 is 5.91 Å². The second-order valence-corrected chi connectivity index (χ2v) is 3.45. The molecule has 0 aromatic rings. The number of nitrogens with one attached hydrogen (secondary N) is 1. The monoisotopic (exact) mass is 157 g/mol. The fourth-order valence-electron chi connectivity index (χ4n) is 1.14. The van der Waals surface area contributed by atoms with Gasteiger partial charge in [-0.25, -0.2) is 0 Å². The zero-order valence-corrected chi connectivity index (χ0v) is 7.98. The molecular weight excluding hydrogens is 138 g/mol. The number of hydrogen-bond acceptors (Lipinski definition) is 1. The first-order valence-electron chi connectivity index (χ1n) is 4.35. The molecule has 0 unspecified atom stereocenters. The number of carbonyl (C=O) groups is 1. The van der Waals surface area contributed by atoms with Crippen LogP contribution in [0.2, 0.25) is 0 Å². The Kier molecular flexibility index (Phi) is 4.92. The summed E-state index contributed by atoms with van der Waals surface area (Å²) in [5.74, 6) is 0.806. The van der Waals surface area contributed by atoms with Gasteiger partial charge in [0.15, 0.2) is 0 Å². The van der Waals surface area contributed by atoms with Crippen LogP contribution in [-0.2, 0) is 4.79 Å². The molecule has 1 N–H and O–H groups in total. The molecule has 0 aromatic heterocycles. The lowest BCUT2D eigenvalue weighted by Crippen LogP contribution is -2.32. The molecule has 0 aliphatic rings. The molecular formula is C9H19NO. The van der Waals surface area contributed by atoms with E-state index in [2.05, 4.69) is 19.2 Å². The minimum absolute atomic E-state index is 0.151. The van der Waals surface area contributed by atoms with E-state index < -0.39 is 0 Å². The summed E-state index contributed by atoms with van der Waals surface area (Å²) < 4.78 is 0. The van der Waals surface area contributed by atoms with Crippen molar-refractivity contribution in [2.45, 2.75) is 46.6 Å². The average molecular weight is 157 g/mol. The molecule has 2 heteroatoms. The number of amides is 1. The Balaban J connectivity index is 3.51. The largest absolute Gasteiger partial charge is 0.354 e. The number of rotatable bonds is 4. The Morgan fingerprint density at radius 2 is 1.91 bits per heavy atom. The van der Waals surface area contributed by atoms with E-state index in [1.807, 2.05) is 13.8 Å². The zero-order chi connectivity index (χ0) is 8.85. The first-order chi connectivity index (χ1) is 5.06. The fourth-order valence-corrected chi connectivity index (χ4v) is 1.14. The van der Waals surface area contributed by atoms with E-state index in [9.17, 15) is 4.79 Å². The van der Waals surface area contributed by atoms with Gasteiger partial charge in [0.25, 0.3) is 0 Å². The molecule has 0 aliphatic carbocycles. The molecule has 1 atom stereocenters. The predicted octanol–water partition coefficient (Wildman–Crippen LogP) is 1.95. The van der Waals surface area contributed by atoms with Crippen LogP contribution in [0.3, 0.4) is 0 Å². The Labute approximate surface area is 69.4 Å². The summed E-state index contributed by atoms with van der Waals surface area (Å²) in [6.45, 7) is 8.24. The smallest absolute Gasteiger partial charge is 0.219 e. The molecule has 0 fully saturated rings. The van der Waals surface area contributed by atoms with Crippen LogP contribution >= 0.6 is 0 Å². The number of carbonyl (C=O) groups excluding carboxylic acids is 1. The van der Waals surface area contributed by atoms with Crippen LogP contribution in [0.15, 0.2) is 0 Å². The van der Waals surface area contributed by atoms with Crippen molar-refractivity contribution in [1.82, 2.24) is 5.32 Å². The Morgan fingerprint density at radius 1 is 1.36 bits per heavy atom. The maximum Gasteiger partial charge on any atom is 0.219 e. The zero-order valence-electron chi connectivity index (χ0n) is 7.98. The van der Waals surface area contributed by atoms with Crippen LogP contribution in [0.5, 0.6) is 0 Å². The van der Waals surface area contributed by atoms with Gasteiger partial charge in [0.1, 0.15) is 0 Å². The highest BCUT2D eigenvalue weighted by Gasteiger charge is 2.06. The van der Waals surface area contributed by atoms with Gasteiger partial charge in [-0.05, 0) is 19.3 Å². The highest BCUT2D eigenvalue weighted by atomic mass is 16.1. The standard InChI is InChI=1S/C9H19NO/c1-5-9(11)10-8(4)6-7(2)3/h7-8H,5-6H2,1-4H3,(H,10,11)/t8-/m1/s1. The molecule has 2 nitrogen and oxygen atoms in total. The SMILES string of the molecule is CCC(=O)N[C@H](C)CC(C)C. The molecule has 66 valence electrons. The summed E-state index contributed by atoms with van der Waals surface area (Å²) >= 11 is 0. The van der Waals surface area contributed by atoms with E-state index >= 15 is 0 Å². The van der Waals surface area contributed by atoms with Crippen molar-refractivity contribution in [2.24, 2.45) is 5.92 Å². The van der Waals surface area contributed by atoms with Gasteiger partial charge >= 0.3 is 0 Å². The van der Waals surface area contributed by atoms with Crippen molar-refractivity contribution in [3.8, 4) is 0 Å². The predicted molar refractivity (Wildman–Crippen MR) is 47.4 cm³/mol. The van der Waals surface area contributed by atoms with Gasteiger partial charge < -0.3 is 5.32 Å². The summed E-state index contributed by atoms with van der Waals surface area (Å²) in [4.78, 5) is 10.9. The molecule has 0 rings (SSSR count). The summed E-state index contributed by atoms with van der Waals surface area (Å²) in [5, 5.41) is 2.92. The molecule has 0 saturated heterocycles. The molecule has 0 spiro atoms.